The zero-order valence-corrected chi connectivity index (χ0v) is 10.6. The number of hydrogen-bond acceptors (Lipinski definition) is 6. The van der Waals surface area contributed by atoms with E-state index < -0.39 is 0 Å². The van der Waals surface area contributed by atoms with Crippen molar-refractivity contribution >= 4 is 23.4 Å². The normalized spacial score (nSPS) is 10.1. The third-order valence-corrected chi connectivity index (χ3v) is 2.42. The van der Waals surface area contributed by atoms with Crippen molar-refractivity contribution in [3.05, 3.63) is 35.2 Å². The summed E-state index contributed by atoms with van der Waals surface area (Å²) >= 11 is 6.01. The van der Waals surface area contributed by atoms with Gasteiger partial charge < -0.3 is 10.6 Å². The van der Waals surface area contributed by atoms with E-state index in [-0.39, 0.29) is 0 Å². The van der Waals surface area contributed by atoms with Gasteiger partial charge in [-0.1, -0.05) is 11.6 Å². The summed E-state index contributed by atoms with van der Waals surface area (Å²) in [5.41, 5.74) is 0.817. The SMILES string of the molecule is CCNc1ncc(Cl)c(NCc2cccnn2)n1. The van der Waals surface area contributed by atoms with Gasteiger partial charge in [-0.05, 0) is 19.1 Å². The fraction of sp³-hybridized carbons (Fsp3) is 0.273. The number of nitrogens with zero attached hydrogens (tertiary/aromatic N) is 4. The van der Waals surface area contributed by atoms with Gasteiger partial charge in [-0.2, -0.15) is 15.2 Å². The lowest BCUT2D eigenvalue weighted by Crippen LogP contribution is -2.08. The van der Waals surface area contributed by atoms with Gasteiger partial charge in [0.15, 0.2) is 5.82 Å². The topological polar surface area (TPSA) is 75.6 Å². The highest BCUT2D eigenvalue weighted by molar-refractivity contribution is 6.32. The van der Waals surface area contributed by atoms with Gasteiger partial charge in [0, 0.05) is 12.7 Å². The minimum absolute atomic E-state index is 0.473. The lowest BCUT2D eigenvalue weighted by Gasteiger charge is -2.08. The smallest absolute Gasteiger partial charge is 0.224 e. The average molecular weight is 265 g/mol. The third kappa shape index (κ3) is 3.27. The van der Waals surface area contributed by atoms with E-state index in [1.807, 2.05) is 19.1 Å². The van der Waals surface area contributed by atoms with Crippen LogP contribution in [-0.2, 0) is 6.54 Å². The molecule has 6 nitrogen and oxygen atoms in total. The predicted molar refractivity (Wildman–Crippen MR) is 70.6 cm³/mol. The number of aromatic nitrogens is 4. The van der Waals surface area contributed by atoms with Crippen molar-refractivity contribution in [2.75, 3.05) is 17.2 Å². The lowest BCUT2D eigenvalue weighted by atomic mass is 10.4. The third-order valence-electron chi connectivity index (χ3n) is 2.14. The summed E-state index contributed by atoms with van der Waals surface area (Å²) in [6, 6.07) is 3.70. The summed E-state index contributed by atoms with van der Waals surface area (Å²) in [6.07, 6.45) is 3.19. The molecule has 0 atom stereocenters. The largest absolute Gasteiger partial charge is 0.363 e. The van der Waals surface area contributed by atoms with Crippen LogP contribution in [0.5, 0.6) is 0 Å². The van der Waals surface area contributed by atoms with E-state index in [2.05, 4.69) is 30.8 Å². The molecule has 2 aromatic heterocycles. The Bertz CT molecular complexity index is 504. The summed E-state index contributed by atoms with van der Waals surface area (Å²) in [7, 11) is 0. The summed E-state index contributed by atoms with van der Waals surface area (Å²) < 4.78 is 0. The Morgan fingerprint density at radius 1 is 1.33 bits per heavy atom. The molecule has 0 aliphatic carbocycles. The number of hydrogen-bond donors (Lipinski definition) is 2. The van der Waals surface area contributed by atoms with Gasteiger partial charge in [-0.3, -0.25) is 0 Å². The molecule has 94 valence electrons. The van der Waals surface area contributed by atoms with E-state index in [1.54, 1.807) is 12.4 Å². The fourth-order valence-corrected chi connectivity index (χ4v) is 1.49. The quantitative estimate of drug-likeness (QED) is 0.860. The van der Waals surface area contributed by atoms with Gasteiger partial charge in [0.2, 0.25) is 5.95 Å². The first kappa shape index (κ1) is 12.5. The maximum absolute atomic E-state index is 6.01. The molecule has 0 aliphatic rings. The summed E-state index contributed by atoms with van der Waals surface area (Å²) in [5, 5.41) is 14.4. The minimum atomic E-state index is 0.473. The van der Waals surface area contributed by atoms with Crippen molar-refractivity contribution in [1.82, 2.24) is 20.2 Å². The van der Waals surface area contributed by atoms with Crippen LogP contribution in [0.15, 0.2) is 24.5 Å². The molecule has 2 rings (SSSR count). The molecule has 0 fully saturated rings. The van der Waals surface area contributed by atoms with Crippen molar-refractivity contribution in [2.45, 2.75) is 13.5 Å². The zero-order chi connectivity index (χ0) is 12.8. The molecule has 2 aromatic rings. The van der Waals surface area contributed by atoms with Gasteiger partial charge >= 0.3 is 0 Å². The van der Waals surface area contributed by atoms with Crippen LogP contribution in [0.25, 0.3) is 0 Å². The first-order chi connectivity index (χ1) is 8.79. The Balaban J connectivity index is 2.06. The molecule has 18 heavy (non-hydrogen) atoms. The van der Waals surface area contributed by atoms with E-state index in [0.717, 1.165) is 12.2 Å². The van der Waals surface area contributed by atoms with E-state index >= 15 is 0 Å². The Morgan fingerprint density at radius 2 is 2.22 bits per heavy atom. The first-order valence-corrected chi connectivity index (χ1v) is 5.94. The van der Waals surface area contributed by atoms with Crippen molar-refractivity contribution in [3.8, 4) is 0 Å². The molecule has 0 saturated carbocycles. The van der Waals surface area contributed by atoms with Crippen LogP contribution in [0, 0.1) is 0 Å². The second-order valence-corrected chi connectivity index (χ2v) is 3.90. The van der Waals surface area contributed by atoms with Crippen LogP contribution in [0.3, 0.4) is 0 Å². The lowest BCUT2D eigenvalue weighted by molar-refractivity contribution is 0.919. The number of halogens is 1. The standard InChI is InChI=1S/C11H13ClN6/c1-2-13-11-15-7-9(12)10(17-11)14-6-8-4-3-5-16-18-8/h3-5,7H,2,6H2,1H3,(H2,13,14,15,17). The molecule has 0 radical (unpaired) electrons. The van der Waals surface area contributed by atoms with Crippen LogP contribution in [0.4, 0.5) is 11.8 Å². The highest BCUT2D eigenvalue weighted by atomic mass is 35.5. The Morgan fingerprint density at radius 3 is 2.94 bits per heavy atom. The van der Waals surface area contributed by atoms with E-state index in [4.69, 9.17) is 11.6 Å². The van der Waals surface area contributed by atoms with Crippen molar-refractivity contribution in [1.29, 1.82) is 0 Å². The monoisotopic (exact) mass is 264 g/mol. The van der Waals surface area contributed by atoms with Gasteiger partial charge in [0.1, 0.15) is 5.02 Å². The molecular weight excluding hydrogens is 252 g/mol. The zero-order valence-electron chi connectivity index (χ0n) is 9.89. The Kier molecular flexibility index (Phi) is 4.25. The summed E-state index contributed by atoms with van der Waals surface area (Å²) in [4.78, 5) is 8.33. The summed E-state index contributed by atoms with van der Waals surface area (Å²) in [6.45, 7) is 3.24. The molecule has 0 aliphatic heterocycles. The van der Waals surface area contributed by atoms with Gasteiger partial charge in [-0.25, -0.2) is 4.98 Å². The van der Waals surface area contributed by atoms with Crippen LogP contribution in [0.1, 0.15) is 12.6 Å². The van der Waals surface area contributed by atoms with Gasteiger partial charge in [-0.15, -0.1) is 0 Å². The summed E-state index contributed by atoms with van der Waals surface area (Å²) in [5.74, 6) is 1.12. The minimum Gasteiger partial charge on any atom is -0.363 e. The molecular formula is C11H13ClN6. The van der Waals surface area contributed by atoms with Crippen LogP contribution in [0.2, 0.25) is 5.02 Å². The van der Waals surface area contributed by atoms with Crippen LogP contribution >= 0.6 is 11.6 Å². The predicted octanol–water partition coefficient (Wildman–Crippen LogP) is 1.96. The fourth-order valence-electron chi connectivity index (χ4n) is 1.34. The van der Waals surface area contributed by atoms with Gasteiger partial charge in [0.25, 0.3) is 0 Å². The molecule has 0 amide bonds. The molecule has 0 saturated heterocycles. The molecule has 2 N–H and O–H groups in total. The van der Waals surface area contributed by atoms with Crippen LogP contribution < -0.4 is 10.6 Å². The Labute approximate surface area is 110 Å². The van der Waals surface area contributed by atoms with Crippen molar-refractivity contribution < 1.29 is 0 Å². The van der Waals surface area contributed by atoms with E-state index in [9.17, 15) is 0 Å². The van der Waals surface area contributed by atoms with E-state index in [0.29, 0.717) is 23.3 Å². The number of rotatable bonds is 5. The molecule has 2 heterocycles. The highest BCUT2D eigenvalue weighted by Crippen LogP contribution is 2.19. The molecule has 0 unspecified atom stereocenters. The van der Waals surface area contributed by atoms with Gasteiger partial charge in [0.05, 0.1) is 18.4 Å². The van der Waals surface area contributed by atoms with E-state index in [1.165, 1.54) is 0 Å². The second kappa shape index (κ2) is 6.11. The average Bonchev–Trinajstić information content (AvgIpc) is 2.41. The highest BCUT2D eigenvalue weighted by Gasteiger charge is 2.05. The molecule has 0 aromatic carbocycles. The van der Waals surface area contributed by atoms with Crippen molar-refractivity contribution in [2.24, 2.45) is 0 Å². The molecule has 7 heteroatoms. The maximum Gasteiger partial charge on any atom is 0.224 e. The van der Waals surface area contributed by atoms with Crippen LogP contribution in [-0.4, -0.2) is 26.7 Å². The Hall–Kier alpha value is -1.95. The number of anilines is 2. The first-order valence-electron chi connectivity index (χ1n) is 5.56. The number of nitrogens with one attached hydrogen (secondary N) is 2. The maximum atomic E-state index is 6.01. The second-order valence-electron chi connectivity index (χ2n) is 3.49. The van der Waals surface area contributed by atoms with Crippen molar-refractivity contribution in [3.63, 3.8) is 0 Å². The molecule has 0 spiro atoms. The molecule has 0 bridgehead atoms.